The summed E-state index contributed by atoms with van der Waals surface area (Å²) in [5, 5.41) is 12.1. The van der Waals surface area contributed by atoms with Crippen molar-refractivity contribution in [2.75, 3.05) is 19.3 Å². The lowest BCUT2D eigenvalue weighted by atomic mass is 9.98. The van der Waals surface area contributed by atoms with Crippen LogP contribution in [0.4, 0.5) is 0 Å². The molecule has 0 N–H and O–H groups in total. The van der Waals surface area contributed by atoms with Crippen LogP contribution in [0.2, 0.25) is 0 Å². The third-order valence-electron chi connectivity index (χ3n) is 5.57. The van der Waals surface area contributed by atoms with Gasteiger partial charge in [0, 0.05) is 18.7 Å². The second-order valence-corrected chi connectivity index (χ2v) is 9.88. The van der Waals surface area contributed by atoms with Crippen LogP contribution < -0.4 is 0 Å². The molecule has 3 heterocycles. The molecule has 0 aliphatic carbocycles. The third-order valence-corrected chi connectivity index (χ3v) is 6.70. The summed E-state index contributed by atoms with van der Waals surface area (Å²) < 4.78 is 31.0. The molecule has 1 aliphatic heterocycles. The van der Waals surface area contributed by atoms with E-state index in [0.717, 1.165) is 48.6 Å². The molecule has 4 aromatic rings. The van der Waals surface area contributed by atoms with Gasteiger partial charge in [0.15, 0.2) is 27.1 Å². The number of para-hydroxylation sites is 2. The molecule has 31 heavy (non-hydrogen) atoms. The van der Waals surface area contributed by atoms with Gasteiger partial charge in [0.1, 0.15) is 5.52 Å². The summed E-state index contributed by atoms with van der Waals surface area (Å²) in [6.45, 7) is 2.33. The van der Waals surface area contributed by atoms with Crippen LogP contribution in [0.25, 0.3) is 16.8 Å². The minimum atomic E-state index is -3.25. The molecule has 0 amide bonds. The molecule has 9 nitrogen and oxygen atoms in total. The first-order valence-electron chi connectivity index (χ1n) is 10.1. The zero-order valence-corrected chi connectivity index (χ0v) is 17.9. The Morgan fingerprint density at radius 2 is 1.94 bits per heavy atom. The number of benzene rings is 2. The van der Waals surface area contributed by atoms with E-state index in [2.05, 4.69) is 25.4 Å². The molecule has 0 bridgehead atoms. The first kappa shape index (κ1) is 19.8. The van der Waals surface area contributed by atoms with Gasteiger partial charge in [0.2, 0.25) is 0 Å². The van der Waals surface area contributed by atoms with Crippen LogP contribution in [0, 0.1) is 0 Å². The number of rotatable bonds is 5. The summed E-state index contributed by atoms with van der Waals surface area (Å²) in [4.78, 5) is 7.24. The Morgan fingerprint density at radius 3 is 2.71 bits per heavy atom. The number of aromatic nitrogens is 5. The van der Waals surface area contributed by atoms with E-state index >= 15 is 0 Å². The van der Waals surface area contributed by atoms with Crippen molar-refractivity contribution in [1.82, 2.24) is 30.1 Å². The fourth-order valence-electron chi connectivity index (χ4n) is 4.00. The number of likely N-dealkylation sites (tertiary alicyclic amines) is 1. The maximum Gasteiger partial charge on any atom is 0.199 e. The van der Waals surface area contributed by atoms with Crippen molar-refractivity contribution >= 4 is 20.9 Å². The maximum absolute atomic E-state index is 11.7. The lowest BCUT2D eigenvalue weighted by Crippen LogP contribution is -2.34. The Kier molecular flexibility index (Phi) is 5.03. The van der Waals surface area contributed by atoms with E-state index in [9.17, 15) is 8.42 Å². The molecular weight excluding hydrogens is 416 g/mol. The fraction of sp³-hybridized carbons (Fsp3) is 0.333. The van der Waals surface area contributed by atoms with Gasteiger partial charge in [-0.25, -0.2) is 13.4 Å². The van der Waals surface area contributed by atoms with Gasteiger partial charge < -0.3 is 4.42 Å². The van der Waals surface area contributed by atoms with Gasteiger partial charge >= 0.3 is 0 Å². The fourth-order valence-corrected chi connectivity index (χ4v) is 4.64. The normalized spacial score (nSPS) is 17.9. The molecule has 1 atom stereocenters. The average Bonchev–Trinajstić information content (AvgIpc) is 3.40. The first-order valence-corrected chi connectivity index (χ1v) is 12.0. The van der Waals surface area contributed by atoms with Gasteiger partial charge in [-0.1, -0.05) is 12.1 Å². The Bertz CT molecular complexity index is 1280. The van der Waals surface area contributed by atoms with E-state index < -0.39 is 9.84 Å². The van der Waals surface area contributed by atoms with E-state index in [1.165, 1.54) is 6.26 Å². The molecule has 1 saturated heterocycles. The van der Waals surface area contributed by atoms with E-state index in [1.807, 2.05) is 24.3 Å². The van der Waals surface area contributed by atoms with Crippen molar-refractivity contribution in [1.29, 1.82) is 0 Å². The molecule has 0 saturated carbocycles. The second-order valence-electron chi connectivity index (χ2n) is 7.87. The van der Waals surface area contributed by atoms with Gasteiger partial charge in [-0.3, -0.25) is 4.90 Å². The van der Waals surface area contributed by atoms with Crippen LogP contribution >= 0.6 is 0 Å². The minimum Gasteiger partial charge on any atom is -0.440 e. The van der Waals surface area contributed by atoms with Crippen molar-refractivity contribution in [3.63, 3.8) is 0 Å². The molecule has 1 aliphatic rings. The van der Waals surface area contributed by atoms with Crippen LogP contribution in [0.5, 0.6) is 0 Å². The molecule has 1 unspecified atom stereocenters. The van der Waals surface area contributed by atoms with Gasteiger partial charge in [-0.05, 0) is 66.2 Å². The highest BCUT2D eigenvalue weighted by Gasteiger charge is 2.26. The second kappa shape index (κ2) is 7.86. The topological polar surface area (TPSA) is 107 Å². The highest BCUT2D eigenvalue weighted by molar-refractivity contribution is 7.90. The number of piperidine rings is 1. The molecule has 1 fully saturated rings. The van der Waals surface area contributed by atoms with Crippen molar-refractivity contribution in [3.05, 3.63) is 60.2 Å². The highest BCUT2D eigenvalue weighted by atomic mass is 32.2. The predicted molar refractivity (Wildman–Crippen MR) is 114 cm³/mol. The smallest absolute Gasteiger partial charge is 0.199 e. The van der Waals surface area contributed by atoms with Crippen LogP contribution in [0.1, 0.15) is 30.5 Å². The first-order chi connectivity index (χ1) is 15.0. The van der Waals surface area contributed by atoms with Crippen molar-refractivity contribution < 1.29 is 12.8 Å². The molecule has 0 spiro atoms. The van der Waals surface area contributed by atoms with Crippen LogP contribution in [0.3, 0.4) is 0 Å². The van der Waals surface area contributed by atoms with Gasteiger partial charge in [0.05, 0.1) is 17.1 Å². The minimum absolute atomic E-state index is 0.222. The average molecular weight is 439 g/mol. The van der Waals surface area contributed by atoms with Gasteiger partial charge in [0.25, 0.3) is 0 Å². The van der Waals surface area contributed by atoms with Gasteiger partial charge in [-0.15, -0.1) is 5.10 Å². The molecule has 2 aromatic heterocycles. The zero-order chi connectivity index (χ0) is 21.4. The standard InChI is InChI=1S/C21H22N6O3S/c1-31(28,29)17-10-8-16(9-11-17)27-20(23-24-25-27)14-26-12-4-5-15(13-26)21-22-18-6-2-3-7-19(18)30-21/h2-3,6-11,15H,4-5,12-14H2,1H3. The number of sulfone groups is 1. The monoisotopic (exact) mass is 438 g/mol. The molecule has 160 valence electrons. The molecule has 10 heteroatoms. The predicted octanol–water partition coefficient (Wildman–Crippen LogP) is 2.59. The SMILES string of the molecule is CS(=O)(=O)c1ccc(-n2nnnc2CN2CCCC(c3nc4ccccc4o3)C2)cc1. The van der Waals surface area contributed by atoms with E-state index in [4.69, 9.17) is 4.42 Å². The lowest BCUT2D eigenvalue weighted by molar-refractivity contribution is 0.182. The Balaban J connectivity index is 1.33. The molecule has 5 rings (SSSR count). The molecular formula is C21H22N6O3S. The largest absolute Gasteiger partial charge is 0.440 e. The summed E-state index contributed by atoms with van der Waals surface area (Å²) >= 11 is 0. The summed E-state index contributed by atoms with van der Waals surface area (Å²) in [5.41, 5.74) is 2.42. The highest BCUT2D eigenvalue weighted by Crippen LogP contribution is 2.29. The van der Waals surface area contributed by atoms with E-state index in [-0.39, 0.29) is 10.8 Å². The lowest BCUT2D eigenvalue weighted by Gasteiger charge is -2.30. The maximum atomic E-state index is 11.7. The number of nitrogens with zero attached hydrogens (tertiary/aromatic N) is 6. The number of hydrogen-bond donors (Lipinski definition) is 0. The Labute approximate surface area is 179 Å². The quantitative estimate of drug-likeness (QED) is 0.468. The van der Waals surface area contributed by atoms with Crippen molar-refractivity contribution in [2.24, 2.45) is 0 Å². The zero-order valence-electron chi connectivity index (χ0n) is 17.0. The summed E-state index contributed by atoms with van der Waals surface area (Å²) in [6.07, 6.45) is 3.25. The summed E-state index contributed by atoms with van der Waals surface area (Å²) in [7, 11) is -3.25. The van der Waals surface area contributed by atoms with Crippen molar-refractivity contribution in [2.45, 2.75) is 30.2 Å². The molecule has 0 radical (unpaired) electrons. The van der Waals surface area contributed by atoms with Crippen LogP contribution in [-0.2, 0) is 16.4 Å². The van der Waals surface area contributed by atoms with Crippen LogP contribution in [-0.4, -0.2) is 57.9 Å². The number of tetrazole rings is 1. The number of fused-ring (bicyclic) bond motifs is 1. The Morgan fingerprint density at radius 1 is 1.13 bits per heavy atom. The van der Waals surface area contributed by atoms with Crippen LogP contribution in [0.15, 0.2) is 57.8 Å². The van der Waals surface area contributed by atoms with Crippen molar-refractivity contribution in [3.8, 4) is 5.69 Å². The number of hydrogen-bond acceptors (Lipinski definition) is 8. The molecule has 2 aromatic carbocycles. The van der Waals surface area contributed by atoms with Gasteiger partial charge in [-0.2, -0.15) is 4.68 Å². The Hall–Kier alpha value is -3.11. The number of oxazole rings is 1. The third kappa shape index (κ3) is 4.08. The van der Waals surface area contributed by atoms with E-state index in [1.54, 1.807) is 28.9 Å². The summed E-state index contributed by atoms with van der Waals surface area (Å²) in [5.74, 6) is 1.70. The summed E-state index contributed by atoms with van der Waals surface area (Å²) in [6, 6.07) is 14.4. The van der Waals surface area contributed by atoms with E-state index in [0.29, 0.717) is 12.4 Å².